The number of allylic oxidation sites excluding steroid dienone is 4. The van der Waals surface area contributed by atoms with Crippen molar-refractivity contribution in [1.29, 1.82) is 0 Å². The topological polar surface area (TPSA) is 47.9 Å². The molecule has 0 aromatic heterocycles. The molecule has 1 heterocycles. The fraction of sp³-hybridized carbons (Fsp3) is 0.438. The molecular weight excluding hydrogens is 286 g/mol. The number of nitrogens with zero attached hydrogens (tertiary/aromatic N) is 2. The molecule has 0 bridgehead atoms. The number of hydrazine groups is 1. The number of nitrogens with one attached hydrogen (secondary N) is 1. The highest BCUT2D eigenvalue weighted by molar-refractivity contribution is 6.33. The summed E-state index contributed by atoms with van der Waals surface area (Å²) in [5.41, 5.74) is 5.51. The van der Waals surface area contributed by atoms with Crippen LogP contribution in [-0.2, 0) is 0 Å². The highest BCUT2D eigenvalue weighted by Crippen LogP contribution is 2.31. The van der Waals surface area contributed by atoms with E-state index in [0.29, 0.717) is 10.7 Å². The molecule has 0 fully saturated rings. The van der Waals surface area contributed by atoms with E-state index in [-0.39, 0.29) is 17.2 Å². The number of hydrogen-bond donors (Lipinski definition) is 2. The van der Waals surface area contributed by atoms with E-state index in [9.17, 15) is 5.11 Å². The third-order valence-electron chi connectivity index (χ3n) is 3.75. The fourth-order valence-corrected chi connectivity index (χ4v) is 2.26. The number of aliphatic hydroxyl groups excluding tert-OH is 1. The zero-order valence-corrected chi connectivity index (χ0v) is 13.9. The number of aliphatic hydroxyl groups is 1. The lowest BCUT2D eigenvalue weighted by Gasteiger charge is -2.25. The summed E-state index contributed by atoms with van der Waals surface area (Å²) in [6, 6.07) is -0.00908. The Labute approximate surface area is 131 Å². The van der Waals surface area contributed by atoms with Crippen LogP contribution in [0.2, 0.25) is 0 Å². The van der Waals surface area contributed by atoms with Gasteiger partial charge in [0.2, 0.25) is 0 Å². The van der Waals surface area contributed by atoms with Crippen LogP contribution in [0.25, 0.3) is 0 Å². The van der Waals surface area contributed by atoms with Crippen LogP contribution in [-0.4, -0.2) is 22.0 Å². The molecule has 1 aliphatic carbocycles. The fourth-order valence-electron chi connectivity index (χ4n) is 2.07. The predicted molar refractivity (Wildman–Crippen MR) is 87.8 cm³/mol. The Morgan fingerprint density at radius 3 is 2.71 bits per heavy atom. The van der Waals surface area contributed by atoms with Crippen LogP contribution in [0.1, 0.15) is 34.6 Å². The molecule has 1 unspecified atom stereocenters. The molecule has 0 amide bonds. The molecule has 0 aromatic rings. The summed E-state index contributed by atoms with van der Waals surface area (Å²) in [4.78, 5) is 0. The first-order valence-corrected chi connectivity index (χ1v) is 7.39. The highest BCUT2D eigenvalue weighted by atomic mass is 35.5. The van der Waals surface area contributed by atoms with Crippen LogP contribution >= 0.6 is 11.6 Å². The van der Waals surface area contributed by atoms with Crippen molar-refractivity contribution in [2.75, 3.05) is 0 Å². The molecule has 5 heteroatoms. The van der Waals surface area contributed by atoms with Gasteiger partial charge in [-0.05, 0) is 37.0 Å². The highest BCUT2D eigenvalue weighted by Gasteiger charge is 2.29. The van der Waals surface area contributed by atoms with E-state index < -0.39 is 0 Å². The van der Waals surface area contributed by atoms with Crippen molar-refractivity contribution in [2.45, 2.75) is 40.7 Å². The third-order valence-corrected chi connectivity index (χ3v) is 3.99. The van der Waals surface area contributed by atoms with Crippen molar-refractivity contribution < 1.29 is 5.11 Å². The molecule has 0 aromatic carbocycles. The molecule has 2 rings (SSSR count). The van der Waals surface area contributed by atoms with Crippen molar-refractivity contribution in [3.63, 3.8) is 0 Å². The molecule has 1 aliphatic heterocycles. The lowest BCUT2D eigenvalue weighted by Crippen LogP contribution is -2.37. The van der Waals surface area contributed by atoms with Crippen LogP contribution in [0.3, 0.4) is 0 Å². The largest absolute Gasteiger partial charge is 0.506 e. The van der Waals surface area contributed by atoms with Gasteiger partial charge in [0.15, 0.2) is 0 Å². The second kappa shape index (κ2) is 5.70. The molecule has 0 saturated carbocycles. The molecule has 4 nitrogen and oxygen atoms in total. The van der Waals surface area contributed by atoms with Crippen LogP contribution in [0.15, 0.2) is 51.5 Å². The van der Waals surface area contributed by atoms with E-state index >= 15 is 0 Å². The summed E-state index contributed by atoms with van der Waals surface area (Å²) in [5.74, 6) is 0.250. The Hall–Kier alpha value is -1.52. The van der Waals surface area contributed by atoms with Gasteiger partial charge in [-0.25, -0.2) is 0 Å². The number of halogens is 1. The van der Waals surface area contributed by atoms with Crippen LogP contribution in [0.5, 0.6) is 0 Å². The molecule has 0 saturated heterocycles. The minimum Gasteiger partial charge on any atom is -0.506 e. The standard InChI is InChI=1S/C16H22ClN3O/c1-6-14(15(21)10(2)16(3,4)5)20-18-12-8-7-11(17)9-13(12)19-20/h6-9,12,18,21H,1-5H3/b14-6+,15-10-. The van der Waals surface area contributed by atoms with Gasteiger partial charge < -0.3 is 5.11 Å². The van der Waals surface area contributed by atoms with Crippen LogP contribution in [0, 0.1) is 5.41 Å². The molecule has 1 atom stereocenters. The van der Waals surface area contributed by atoms with Crippen molar-refractivity contribution in [1.82, 2.24) is 10.5 Å². The summed E-state index contributed by atoms with van der Waals surface area (Å²) in [7, 11) is 0. The van der Waals surface area contributed by atoms with Crippen molar-refractivity contribution in [2.24, 2.45) is 10.5 Å². The Bertz CT molecular complexity index is 591. The second-order valence-electron chi connectivity index (χ2n) is 6.23. The first-order chi connectivity index (χ1) is 9.74. The number of rotatable bonds is 2. The number of hydrogen-bond acceptors (Lipinski definition) is 4. The predicted octanol–water partition coefficient (Wildman–Crippen LogP) is 4.01. The normalized spacial score (nSPS) is 23.6. The lowest BCUT2D eigenvalue weighted by molar-refractivity contribution is 0.252. The maximum Gasteiger partial charge on any atom is 0.141 e. The molecule has 0 spiro atoms. The van der Waals surface area contributed by atoms with E-state index in [0.717, 1.165) is 11.3 Å². The van der Waals surface area contributed by atoms with Gasteiger partial charge in [0, 0.05) is 5.03 Å². The summed E-state index contributed by atoms with van der Waals surface area (Å²) in [5, 5.41) is 17.3. The van der Waals surface area contributed by atoms with E-state index in [1.807, 2.05) is 38.2 Å². The molecular formula is C16H22ClN3O. The van der Waals surface area contributed by atoms with Gasteiger partial charge in [0.25, 0.3) is 0 Å². The quantitative estimate of drug-likeness (QED) is 0.598. The molecule has 2 N–H and O–H groups in total. The van der Waals surface area contributed by atoms with E-state index in [1.165, 1.54) is 0 Å². The van der Waals surface area contributed by atoms with Gasteiger partial charge in [0.1, 0.15) is 11.5 Å². The van der Waals surface area contributed by atoms with E-state index in [1.54, 1.807) is 5.12 Å². The van der Waals surface area contributed by atoms with E-state index in [4.69, 9.17) is 11.6 Å². The molecule has 21 heavy (non-hydrogen) atoms. The zero-order chi connectivity index (χ0) is 15.8. The van der Waals surface area contributed by atoms with E-state index in [2.05, 4.69) is 31.3 Å². The first kappa shape index (κ1) is 15.9. The number of hydrazone groups is 1. The van der Waals surface area contributed by atoms with Crippen molar-refractivity contribution >= 4 is 17.3 Å². The summed E-state index contributed by atoms with van der Waals surface area (Å²) in [6.45, 7) is 10.0. The third kappa shape index (κ3) is 3.22. The monoisotopic (exact) mass is 307 g/mol. The van der Waals surface area contributed by atoms with Gasteiger partial charge in [0.05, 0.1) is 11.8 Å². The maximum absolute atomic E-state index is 10.6. The summed E-state index contributed by atoms with van der Waals surface area (Å²) >= 11 is 5.99. The second-order valence-corrected chi connectivity index (χ2v) is 6.67. The van der Waals surface area contributed by atoms with Gasteiger partial charge in [-0.1, -0.05) is 44.5 Å². The lowest BCUT2D eigenvalue weighted by atomic mass is 9.86. The van der Waals surface area contributed by atoms with Gasteiger partial charge in [-0.2, -0.15) is 15.6 Å². The minimum atomic E-state index is -0.110. The van der Waals surface area contributed by atoms with Crippen LogP contribution < -0.4 is 5.43 Å². The van der Waals surface area contributed by atoms with Gasteiger partial charge in [-0.15, -0.1) is 0 Å². The van der Waals surface area contributed by atoms with Crippen molar-refractivity contribution in [3.8, 4) is 0 Å². The average molecular weight is 308 g/mol. The van der Waals surface area contributed by atoms with Crippen LogP contribution in [0.4, 0.5) is 0 Å². The maximum atomic E-state index is 10.6. The number of fused-ring (bicyclic) bond motifs is 1. The summed E-state index contributed by atoms with van der Waals surface area (Å²) < 4.78 is 0. The average Bonchev–Trinajstić information content (AvgIpc) is 2.79. The van der Waals surface area contributed by atoms with Gasteiger partial charge in [-0.3, -0.25) is 0 Å². The summed E-state index contributed by atoms with van der Waals surface area (Å²) in [6.07, 6.45) is 7.46. The molecule has 0 radical (unpaired) electrons. The Kier molecular flexibility index (Phi) is 4.30. The van der Waals surface area contributed by atoms with Crippen molar-refractivity contribution in [3.05, 3.63) is 46.4 Å². The van der Waals surface area contributed by atoms with Gasteiger partial charge >= 0.3 is 0 Å². The molecule has 2 aliphatic rings. The Morgan fingerprint density at radius 1 is 1.48 bits per heavy atom. The minimum absolute atomic E-state index is 0.00908. The Balaban J connectivity index is 2.32. The smallest absolute Gasteiger partial charge is 0.141 e. The zero-order valence-electron chi connectivity index (χ0n) is 13.1. The molecule has 114 valence electrons. The SMILES string of the molecule is C/C=C(\C(O)=C(/C)C(C)(C)C)N1N=C2C=C(Cl)C=CC2N1. The first-order valence-electron chi connectivity index (χ1n) is 7.01. The Morgan fingerprint density at radius 2 is 2.14 bits per heavy atom.